The number of rotatable bonds is 6. The van der Waals surface area contributed by atoms with Gasteiger partial charge in [0, 0.05) is 29.4 Å². The highest BCUT2D eigenvalue weighted by Crippen LogP contribution is 2.27. The fourth-order valence-corrected chi connectivity index (χ4v) is 2.66. The summed E-state index contributed by atoms with van der Waals surface area (Å²) in [5.74, 6) is 0.755. The average molecular weight is 233 g/mol. The predicted octanol–water partition coefficient (Wildman–Crippen LogP) is 1.04. The first-order chi connectivity index (χ1) is 7.12. The van der Waals surface area contributed by atoms with E-state index in [0.29, 0.717) is 6.54 Å². The maximum absolute atomic E-state index is 10.8. The molecule has 0 heterocycles. The van der Waals surface area contributed by atoms with Gasteiger partial charge in [-0.05, 0) is 25.8 Å². The molecule has 15 heavy (non-hydrogen) atoms. The Labute approximate surface area is 95.1 Å². The molecule has 4 heteroatoms. The van der Waals surface area contributed by atoms with Crippen molar-refractivity contribution in [1.29, 1.82) is 0 Å². The van der Waals surface area contributed by atoms with Gasteiger partial charge in [-0.3, -0.25) is 4.21 Å². The normalized spacial score (nSPS) is 22.5. The molecule has 0 radical (unpaired) electrons. The van der Waals surface area contributed by atoms with E-state index in [9.17, 15) is 9.32 Å². The first-order valence-electron chi connectivity index (χ1n) is 5.85. The Morgan fingerprint density at radius 1 is 1.33 bits per heavy atom. The van der Waals surface area contributed by atoms with Crippen LogP contribution in [0.4, 0.5) is 0 Å². The van der Waals surface area contributed by atoms with Gasteiger partial charge in [0.05, 0.1) is 5.60 Å². The highest BCUT2D eigenvalue weighted by Gasteiger charge is 2.28. The Hall–Kier alpha value is 0.0700. The molecule has 0 aromatic heterocycles. The topological polar surface area (TPSA) is 49.3 Å². The van der Waals surface area contributed by atoms with Gasteiger partial charge in [0.15, 0.2) is 0 Å². The third-order valence-electron chi connectivity index (χ3n) is 3.02. The summed E-state index contributed by atoms with van der Waals surface area (Å²) < 4.78 is 10.8. The van der Waals surface area contributed by atoms with Gasteiger partial charge in [-0.25, -0.2) is 0 Å². The van der Waals surface area contributed by atoms with Gasteiger partial charge < -0.3 is 10.4 Å². The van der Waals surface area contributed by atoms with Crippen molar-refractivity contribution in [3.63, 3.8) is 0 Å². The number of aliphatic hydroxyl groups is 1. The van der Waals surface area contributed by atoms with Crippen LogP contribution in [0.25, 0.3) is 0 Å². The van der Waals surface area contributed by atoms with E-state index >= 15 is 0 Å². The summed E-state index contributed by atoms with van der Waals surface area (Å²) in [5.41, 5.74) is -0.469. The van der Waals surface area contributed by atoms with Crippen molar-refractivity contribution in [2.75, 3.05) is 25.1 Å². The smallest absolute Gasteiger partial charge is 0.0771 e. The molecular formula is C11H23NO2S. The number of hydrogen-bond acceptors (Lipinski definition) is 3. The van der Waals surface area contributed by atoms with Crippen LogP contribution in [0.5, 0.6) is 0 Å². The molecule has 90 valence electrons. The second-order valence-electron chi connectivity index (χ2n) is 4.59. The summed E-state index contributed by atoms with van der Waals surface area (Å²) >= 11 is 0. The second kappa shape index (κ2) is 6.61. The molecule has 1 aliphatic rings. The molecule has 1 unspecified atom stereocenters. The zero-order valence-electron chi connectivity index (χ0n) is 9.63. The zero-order valence-corrected chi connectivity index (χ0v) is 10.4. The third-order valence-corrected chi connectivity index (χ3v) is 3.89. The van der Waals surface area contributed by atoms with Gasteiger partial charge in [0.2, 0.25) is 0 Å². The zero-order chi connectivity index (χ0) is 11.1. The van der Waals surface area contributed by atoms with Crippen molar-refractivity contribution < 1.29 is 9.32 Å². The van der Waals surface area contributed by atoms with Crippen LogP contribution >= 0.6 is 0 Å². The average Bonchev–Trinajstić information content (AvgIpc) is 2.17. The van der Waals surface area contributed by atoms with E-state index in [1.165, 1.54) is 6.42 Å². The standard InChI is InChI=1S/C11H23NO2S/c1-15(14)9-5-8-12-10-11(13)6-3-2-4-7-11/h12-13H,2-10H2,1H3. The first kappa shape index (κ1) is 13.1. The van der Waals surface area contributed by atoms with Gasteiger partial charge in [-0.15, -0.1) is 0 Å². The minimum atomic E-state index is -0.687. The van der Waals surface area contributed by atoms with Gasteiger partial charge in [0.1, 0.15) is 0 Å². The molecule has 1 rings (SSSR count). The largest absolute Gasteiger partial charge is 0.389 e. The van der Waals surface area contributed by atoms with E-state index in [4.69, 9.17) is 0 Å². The highest BCUT2D eigenvalue weighted by molar-refractivity contribution is 7.84. The van der Waals surface area contributed by atoms with Gasteiger partial charge >= 0.3 is 0 Å². The second-order valence-corrected chi connectivity index (χ2v) is 6.15. The molecule has 0 saturated heterocycles. The van der Waals surface area contributed by atoms with E-state index in [1.54, 1.807) is 6.26 Å². The molecule has 0 amide bonds. The van der Waals surface area contributed by atoms with Gasteiger partial charge in [-0.1, -0.05) is 19.3 Å². The Bertz CT molecular complexity index is 203. The van der Waals surface area contributed by atoms with Crippen molar-refractivity contribution >= 4 is 10.8 Å². The summed E-state index contributed by atoms with van der Waals surface area (Å²) in [6.07, 6.45) is 8.08. The van der Waals surface area contributed by atoms with E-state index in [0.717, 1.165) is 44.4 Å². The molecule has 2 N–H and O–H groups in total. The van der Waals surface area contributed by atoms with E-state index in [1.807, 2.05) is 0 Å². The lowest BCUT2D eigenvalue weighted by atomic mass is 9.85. The van der Waals surface area contributed by atoms with Crippen molar-refractivity contribution in [2.24, 2.45) is 0 Å². The Balaban J connectivity index is 2.05. The molecule has 1 atom stereocenters. The van der Waals surface area contributed by atoms with Crippen LogP contribution in [0, 0.1) is 0 Å². The molecular weight excluding hydrogens is 210 g/mol. The summed E-state index contributed by atoms with van der Waals surface area (Å²) in [7, 11) is -0.687. The lowest BCUT2D eigenvalue weighted by Gasteiger charge is -2.32. The molecule has 0 bridgehead atoms. The number of nitrogens with one attached hydrogen (secondary N) is 1. The lowest BCUT2D eigenvalue weighted by molar-refractivity contribution is 0.00514. The van der Waals surface area contributed by atoms with E-state index < -0.39 is 16.4 Å². The molecule has 1 fully saturated rings. The van der Waals surface area contributed by atoms with Crippen LogP contribution in [-0.4, -0.2) is 40.0 Å². The molecule has 1 saturated carbocycles. The third kappa shape index (κ3) is 5.64. The summed E-state index contributed by atoms with van der Waals surface area (Å²) in [4.78, 5) is 0. The predicted molar refractivity (Wildman–Crippen MR) is 64.5 cm³/mol. The number of hydrogen-bond donors (Lipinski definition) is 2. The maximum Gasteiger partial charge on any atom is 0.0771 e. The maximum atomic E-state index is 10.8. The molecule has 3 nitrogen and oxygen atoms in total. The summed E-state index contributed by atoms with van der Waals surface area (Å²) in [6.45, 7) is 1.56. The molecule has 0 aliphatic heterocycles. The van der Waals surface area contributed by atoms with Crippen LogP contribution in [-0.2, 0) is 10.8 Å². The van der Waals surface area contributed by atoms with Crippen molar-refractivity contribution in [3.8, 4) is 0 Å². The van der Waals surface area contributed by atoms with Crippen molar-refractivity contribution in [3.05, 3.63) is 0 Å². The van der Waals surface area contributed by atoms with Crippen molar-refractivity contribution in [2.45, 2.75) is 44.1 Å². The van der Waals surface area contributed by atoms with Crippen LogP contribution in [0.15, 0.2) is 0 Å². The van der Waals surface area contributed by atoms with Gasteiger partial charge in [-0.2, -0.15) is 0 Å². The highest BCUT2D eigenvalue weighted by atomic mass is 32.2. The monoisotopic (exact) mass is 233 g/mol. The quantitative estimate of drug-likeness (QED) is 0.674. The van der Waals surface area contributed by atoms with E-state index in [-0.39, 0.29) is 0 Å². The van der Waals surface area contributed by atoms with Gasteiger partial charge in [0.25, 0.3) is 0 Å². The van der Waals surface area contributed by atoms with Crippen LogP contribution in [0.1, 0.15) is 38.5 Å². The molecule has 0 aromatic carbocycles. The van der Waals surface area contributed by atoms with Crippen LogP contribution in [0.2, 0.25) is 0 Å². The Morgan fingerprint density at radius 2 is 2.00 bits per heavy atom. The molecule has 1 aliphatic carbocycles. The SMILES string of the molecule is CS(=O)CCCNCC1(O)CCCCC1. The van der Waals surface area contributed by atoms with Crippen LogP contribution < -0.4 is 5.32 Å². The lowest BCUT2D eigenvalue weighted by Crippen LogP contribution is -2.42. The molecule has 0 aromatic rings. The minimum Gasteiger partial charge on any atom is -0.389 e. The van der Waals surface area contributed by atoms with Crippen molar-refractivity contribution in [1.82, 2.24) is 5.32 Å². The first-order valence-corrected chi connectivity index (χ1v) is 7.58. The summed E-state index contributed by atoms with van der Waals surface area (Å²) in [5, 5.41) is 13.4. The molecule has 0 spiro atoms. The fraction of sp³-hybridized carbons (Fsp3) is 1.00. The minimum absolute atomic E-state index is 0.469. The fourth-order valence-electron chi connectivity index (χ4n) is 2.11. The summed E-state index contributed by atoms with van der Waals surface area (Å²) in [6, 6.07) is 0. The van der Waals surface area contributed by atoms with Crippen LogP contribution in [0.3, 0.4) is 0 Å². The van der Waals surface area contributed by atoms with E-state index in [2.05, 4.69) is 5.32 Å². The Morgan fingerprint density at radius 3 is 2.60 bits per heavy atom. The Kier molecular flexibility index (Phi) is 5.79.